The second-order valence-corrected chi connectivity index (χ2v) is 7.84. The number of aromatic nitrogens is 4. The summed E-state index contributed by atoms with van der Waals surface area (Å²) in [6.07, 6.45) is 3.41. The number of fused-ring (bicyclic) bond motifs is 2. The van der Waals surface area contributed by atoms with Crippen LogP contribution in [0, 0.1) is 0 Å². The minimum atomic E-state index is -0.331. The third-order valence-corrected chi connectivity index (χ3v) is 5.79. The van der Waals surface area contributed by atoms with Gasteiger partial charge in [-0.1, -0.05) is 36.9 Å². The van der Waals surface area contributed by atoms with Crippen molar-refractivity contribution in [3.63, 3.8) is 0 Å². The van der Waals surface area contributed by atoms with Crippen molar-refractivity contribution < 1.29 is 9.53 Å². The second kappa shape index (κ2) is 8.24. The number of nitrogens with one attached hydrogen (secondary N) is 1. The predicted molar refractivity (Wildman–Crippen MR) is 127 cm³/mol. The Labute approximate surface area is 188 Å². The third kappa shape index (κ3) is 3.61. The molecule has 0 spiro atoms. The number of thiazole rings is 1. The molecule has 3 aromatic heterocycles. The molecule has 0 atom stereocenters. The summed E-state index contributed by atoms with van der Waals surface area (Å²) in [6, 6.07) is 15.0. The van der Waals surface area contributed by atoms with Crippen LogP contribution < -0.4 is 5.32 Å². The molecule has 5 aromatic rings. The van der Waals surface area contributed by atoms with Crippen LogP contribution in [-0.2, 0) is 4.74 Å². The highest BCUT2D eigenvalue weighted by Gasteiger charge is 2.16. The van der Waals surface area contributed by atoms with E-state index in [4.69, 9.17) is 9.72 Å². The van der Waals surface area contributed by atoms with Crippen LogP contribution in [0.25, 0.3) is 33.0 Å². The molecule has 8 heteroatoms. The maximum absolute atomic E-state index is 12.9. The van der Waals surface area contributed by atoms with Gasteiger partial charge >= 0.3 is 0 Å². The van der Waals surface area contributed by atoms with Crippen LogP contribution in [0.5, 0.6) is 0 Å². The lowest BCUT2D eigenvalue weighted by Crippen LogP contribution is -2.14. The average molecular weight is 442 g/mol. The number of carbonyl (C=O) groups excluding carboxylic acids is 1. The largest absolute Gasteiger partial charge is 0.492 e. The van der Waals surface area contributed by atoms with Crippen LogP contribution in [0.4, 0.5) is 5.69 Å². The van der Waals surface area contributed by atoms with E-state index in [0.717, 1.165) is 27.4 Å². The van der Waals surface area contributed by atoms with Crippen molar-refractivity contribution in [2.45, 2.75) is 6.92 Å². The van der Waals surface area contributed by atoms with E-state index < -0.39 is 0 Å². The van der Waals surface area contributed by atoms with Gasteiger partial charge in [-0.25, -0.2) is 9.97 Å². The molecule has 0 aliphatic heterocycles. The first-order chi connectivity index (χ1) is 15.6. The average Bonchev–Trinajstić information content (AvgIpc) is 3.40. The number of imidazole rings is 1. The summed E-state index contributed by atoms with van der Waals surface area (Å²) in [7, 11) is 0. The van der Waals surface area contributed by atoms with E-state index in [9.17, 15) is 4.79 Å². The Balaban J connectivity index is 1.47. The van der Waals surface area contributed by atoms with Crippen LogP contribution >= 0.6 is 11.3 Å². The first-order valence-corrected chi connectivity index (χ1v) is 10.9. The first kappa shape index (κ1) is 19.9. The van der Waals surface area contributed by atoms with Crippen molar-refractivity contribution in [2.75, 3.05) is 11.9 Å². The first-order valence-electron chi connectivity index (χ1n) is 10.0. The van der Waals surface area contributed by atoms with Gasteiger partial charge in [0.25, 0.3) is 5.91 Å². The van der Waals surface area contributed by atoms with E-state index in [2.05, 4.69) is 21.9 Å². The molecule has 32 heavy (non-hydrogen) atoms. The Bertz CT molecular complexity index is 1470. The number of benzene rings is 2. The van der Waals surface area contributed by atoms with Gasteiger partial charge in [0.15, 0.2) is 4.96 Å². The maximum atomic E-state index is 12.9. The van der Waals surface area contributed by atoms with E-state index in [1.807, 2.05) is 71.4 Å². The minimum Gasteiger partial charge on any atom is -0.492 e. The summed E-state index contributed by atoms with van der Waals surface area (Å²) in [5, 5.41) is 4.92. The van der Waals surface area contributed by atoms with Crippen LogP contribution in [0.2, 0.25) is 0 Å². The Morgan fingerprint density at radius 1 is 1.12 bits per heavy atom. The number of carbonyl (C=O) groups is 1. The van der Waals surface area contributed by atoms with Gasteiger partial charge < -0.3 is 10.1 Å². The fourth-order valence-electron chi connectivity index (χ4n) is 3.43. The predicted octanol–water partition coefficient (Wildman–Crippen LogP) is 5.27. The van der Waals surface area contributed by atoms with Crippen LogP contribution in [0.15, 0.2) is 72.9 Å². The minimum absolute atomic E-state index is 0.250. The molecular formula is C24H19N5O2S. The highest BCUT2D eigenvalue weighted by atomic mass is 32.1. The second-order valence-electron chi connectivity index (χ2n) is 7.00. The molecule has 0 bridgehead atoms. The summed E-state index contributed by atoms with van der Waals surface area (Å²) < 4.78 is 7.51. The Morgan fingerprint density at radius 2 is 1.91 bits per heavy atom. The number of hydrogen-bond donors (Lipinski definition) is 1. The van der Waals surface area contributed by atoms with Crippen molar-refractivity contribution in [3.8, 4) is 11.3 Å². The highest BCUT2D eigenvalue weighted by Crippen LogP contribution is 2.31. The molecule has 0 aliphatic rings. The number of rotatable bonds is 6. The van der Waals surface area contributed by atoms with Crippen LogP contribution in [0.1, 0.15) is 23.1 Å². The van der Waals surface area contributed by atoms with E-state index >= 15 is 0 Å². The molecule has 3 heterocycles. The Morgan fingerprint density at radius 3 is 2.75 bits per heavy atom. The lowest BCUT2D eigenvalue weighted by molar-refractivity contribution is 0.102. The molecule has 1 N–H and O–H groups in total. The highest BCUT2D eigenvalue weighted by molar-refractivity contribution is 7.15. The molecule has 0 fully saturated rings. The quantitative estimate of drug-likeness (QED) is 0.363. The number of nitrogens with zero attached hydrogens (tertiary/aromatic N) is 4. The zero-order chi connectivity index (χ0) is 22.1. The van der Waals surface area contributed by atoms with Gasteiger partial charge in [-0.3, -0.25) is 14.2 Å². The lowest BCUT2D eigenvalue weighted by Gasteiger charge is -2.09. The van der Waals surface area contributed by atoms with Gasteiger partial charge in [0.05, 0.1) is 40.9 Å². The standard InChI is InChI=1S/C24H19N5O2S/c1-3-31-15(2)22-14-32-24-28-21(13-29(22)24)16-8-4-5-9-17(16)27-23(30)20-12-25-18-10-6-7-11-19(18)26-20/h4-14H,2-3H2,1H3,(H,27,30). The van der Waals surface area contributed by atoms with Gasteiger partial charge in [0.1, 0.15) is 11.5 Å². The number of ether oxygens (including phenoxy) is 1. The molecule has 0 radical (unpaired) electrons. The molecule has 2 aromatic carbocycles. The SMILES string of the molecule is C=C(OCC)c1csc2nc(-c3ccccc3NC(=O)c3cnc4ccccc4n3)cn12. The zero-order valence-corrected chi connectivity index (χ0v) is 18.1. The molecule has 5 rings (SSSR count). The van der Waals surface area contributed by atoms with Gasteiger partial charge in [0.2, 0.25) is 0 Å². The third-order valence-electron chi connectivity index (χ3n) is 4.95. The topological polar surface area (TPSA) is 81.4 Å². The summed E-state index contributed by atoms with van der Waals surface area (Å²) in [5.41, 5.74) is 4.71. The molecule has 0 saturated heterocycles. The van der Waals surface area contributed by atoms with Gasteiger partial charge in [0, 0.05) is 17.1 Å². The molecule has 0 unspecified atom stereocenters. The normalized spacial score (nSPS) is 11.0. The fraction of sp³-hybridized carbons (Fsp3) is 0.0833. The van der Waals surface area contributed by atoms with Crippen LogP contribution in [-0.4, -0.2) is 31.9 Å². The number of hydrogen-bond acceptors (Lipinski definition) is 6. The van der Waals surface area contributed by atoms with E-state index in [1.54, 1.807) is 0 Å². The fourth-order valence-corrected chi connectivity index (χ4v) is 4.31. The van der Waals surface area contributed by atoms with Gasteiger partial charge in [-0.2, -0.15) is 0 Å². The van der Waals surface area contributed by atoms with Crippen molar-refractivity contribution in [2.24, 2.45) is 0 Å². The number of para-hydroxylation sites is 3. The molecule has 7 nitrogen and oxygen atoms in total. The van der Waals surface area contributed by atoms with Crippen molar-refractivity contribution >= 4 is 44.7 Å². The summed E-state index contributed by atoms with van der Waals surface area (Å²) in [6.45, 7) is 6.47. The Kier molecular flexibility index (Phi) is 5.12. The summed E-state index contributed by atoms with van der Waals surface area (Å²) >= 11 is 1.51. The van der Waals surface area contributed by atoms with Crippen LogP contribution in [0.3, 0.4) is 0 Å². The lowest BCUT2D eigenvalue weighted by atomic mass is 10.1. The smallest absolute Gasteiger partial charge is 0.275 e. The molecule has 0 saturated carbocycles. The Hall–Kier alpha value is -4.04. The van der Waals surface area contributed by atoms with E-state index in [0.29, 0.717) is 23.6 Å². The van der Waals surface area contributed by atoms with Crippen molar-refractivity contribution in [1.82, 2.24) is 19.4 Å². The monoisotopic (exact) mass is 441 g/mol. The molecular weight excluding hydrogens is 422 g/mol. The maximum Gasteiger partial charge on any atom is 0.275 e. The molecule has 0 aliphatic carbocycles. The van der Waals surface area contributed by atoms with Gasteiger partial charge in [-0.15, -0.1) is 11.3 Å². The van der Waals surface area contributed by atoms with E-state index in [-0.39, 0.29) is 11.6 Å². The number of amides is 1. The van der Waals surface area contributed by atoms with Gasteiger partial charge in [-0.05, 0) is 25.1 Å². The number of anilines is 1. The van der Waals surface area contributed by atoms with E-state index in [1.165, 1.54) is 17.5 Å². The van der Waals surface area contributed by atoms with Crippen molar-refractivity contribution in [1.29, 1.82) is 0 Å². The molecule has 158 valence electrons. The summed E-state index contributed by atoms with van der Waals surface area (Å²) in [5.74, 6) is 0.265. The molecule has 1 amide bonds. The van der Waals surface area contributed by atoms with Crippen molar-refractivity contribution in [3.05, 3.63) is 84.3 Å². The summed E-state index contributed by atoms with van der Waals surface area (Å²) in [4.78, 5) is 27.2. The zero-order valence-electron chi connectivity index (χ0n) is 17.3.